The van der Waals surface area contributed by atoms with Gasteiger partial charge in [-0.25, -0.2) is 4.68 Å². The van der Waals surface area contributed by atoms with Gasteiger partial charge in [0.25, 0.3) is 0 Å². The van der Waals surface area contributed by atoms with E-state index in [0.29, 0.717) is 6.04 Å². The minimum absolute atomic E-state index is 0.544. The lowest BCUT2D eigenvalue weighted by atomic mass is 10.1. The molecule has 3 rings (SSSR count). The van der Waals surface area contributed by atoms with E-state index in [-0.39, 0.29) is 0 Å². The van der Waals surface area contributed by atoms with Gasteiger partial charge < -0.3 is 0 Å². The minimum Gasteiger partial charge on any atom is -0.299 e. The predicted octanol–water partition coefficient (Wildman–Crippen LogP) is 2.95. The maximum atomic E-state index is 4.65. The first-order valence-corrected chi connectivity index (χ1v) is 6.57. The summed E-state index contributed by atoms with van der Waals surface area (Å²) in [4.78, 5) is 2.43. The highest BCUT2D eigenvalue weighted by Gasteiger charge is 2.25. The van der Waals surface area contributed by atoms with Gasteiger partial charge in [-0.2, -0.15) is 5.10 Å². The van der Waals surface area contributed by atoms with Gasteiger partial charge in [0.1, 0.15) is 0 Å². The van der Waals surface area contributed by atoms with E-state index in [4.69, 9.17) is 0 Å². The van der Waals surface area contributed by atoms with Crippen molar-refractivity contribution in [3.63, 3.8) is 0 Å². The van der Waals surface area contributed by atoms with Crippen molar-refractivity contribution in [1.29, 1.82) is 0 Å². The van der Waals surface area contributed by atoms with E-state index in [9.17, 15) is 0 Å². The Kier molecular flexibility index (Phi) is 2.92. The Hall–Kier alpha value is -1.61. The third-order valence-electron chi connectivity index (χ3n) is 3.84. The van der Waals surface area contributed by atoms with Crippen LogP contribution < -0.4 is 0 Å². The summed E-state index contributed by atoms with van der Waals surface area (Å²) in [5.41, 5.74) is 3.66. The average Bonchev–Trinajstić information content (AvgIpc) is 2.96. The smallest absolute Gasteiger partial charge is 0.0646 e. The minimum atomic E-state index is 0.544. The summed E-state index contributed by atoms with van der Waals surface area (Å²) in [6, 6.07) is 10.9. The highest BCUT2D eigenvalue weighted by atomic mass is 15.3. The van der Waals surface area contributed by atoms with E-state index in [1.54, 1.807) is 0 Å². The van der Waals surface area contributed by atoms with Crippen molar-refractivity contribution < 1.29 is 0 Å². The maximum absolute atomic E-state index is 4.65. The lowest BCUT2D eigenvalue weighted by molar-refractivity contribution is 0.316. The van der Waals surface area contributed by atoms with Gasteiger partial charge in [0, 0.05) is 17.8 Å². The number of rotatable bonds is 2. The topological polar surface area (TPSA) is 21.1 Å². The SMILES string of the molecule is Cc1nn(-c2ccccc2)cc1[C@@H]1CCCN1C. The Morgan fingerprint density at radius 1 is 1.22 bits per heavy atom. The quantitative estimate of drug-likeness (QED) is 0.806. The first-order chi connectivity index (χ1) is 8.75. The number of likely N-dealkylation sites (tertiary alicyclic amines) is 1. The maximum Gasteiger partial charge on any atom is 0.0646 e. The summed E-state index contributed by atoms with van der Waals surface area (Å²) in [6.45, 7) is 3.31. The molecule has 1 aromatic carbocycles. The summed E-state index contributed by atoms with van der Waals surface area (Å²) in [6.07, 6.45) is 4.73. The van der Waals surface area contributed by atoms with Crippen LogP contribution in [-0.4, -0.2) is 28.3 Å². The molecule has 0 unspecified atom stereocenters. The molecule has 1 aliphatic heterocycles. The Balaban J connectivity index is 1.96. The van der Waals surface area contributed by atoms with Crippen molar-refractivity contribution in [2.75, 3.05) is 13.6 Å². The fourth-order valence-corrected chi connectivity index (χ4v) is 2.82. The fraction of sp³-hybridized carbons (Fsp3) is 0.400. The summed E-state index contributed by atoms with van der Waals surface area (Å²) >= 11 is 0. The molecule has 1 aliphatic rings. The molecule has 2 aromatic rings. The van der Waals surface area contributed by atoms with E-state index in [2.05, 4.69) is 42.3 Å². The number of hydrogen-bond acceptors (Lipinski definition) is 2. The molecule has 3 heteroatoms. The number of aryl methyl sites for hydroxylation is 1. The summed E-state index contributed by atoms with van der Waals surface area (Å²) in [5, 5.41) is 4.65. The monoisotopic (exact) mass is 241 g/mol. The second-order valence-electron chi connectivity index (χ2n) is 5.09. The fourth-order valence-electron chi connectivity index (χ4n) is 2.82. The van der Waals surface area contributed by atoms with E-state index >= 15 is 0 Å². The van der Waals surface area contributed by atoms with Crippen LogP contribution in [0, 0.1) is 6.92 Å². The zero-order valence-electron chi connectivity index (χ0n) is 11.0. The van der Waals surface area contributed by atoms with E-state index in [0.717, 1.165) is 11.4 Å². The van der Waals surface area contributed by atoms with Gasteiger partial charge in [0.15, 0.2) is 0 Å². The normalized spacial score (nSPS) is 20.4. The largest absolute Gasteiger partial charge is 0.299 e. The van der Waals surface area contributed by atoms with Crippen LogP contribution in [0.1, 0.15) is 30.1 Å². The molecule has 18 heavy (non-hydrogen) atoms. The van der Waals surface area contributed by atoms with Gasteiger partial charge in [0.2, 0.25) is 0 Å². The van der Waals surface area contributed by atoms with Crippen molar-refractivity contribution in [3.8, 4) is 5.69 Å². The van der Waals surface area contributed by atoms with Crippen LogP contribution in [0.25, 0.3) is 5.69 Å². The number of benzene rings is 1. The molecular weight excluding hydrogens is 222 g/mol. The van der Waals surface area contributed by atoms with Gasteiger partial charge in [0.05, 0.1) is 11.4 Å². The second-order valence-corrected chi connectivity index (χ2v) is 5.09. The van der Waals surface area contributed by atoms with Crippen LogP contribution in [0.4, 0.5) is 0 Å². The van der Waals surface area contributed by atoms with Crippen molar-refractivity contribution in [3.05, 3.63) is 47.8 Å². The third-order valence-corrected chi connectivity index (χ3v) is 3.84. The van der Waals surface area contributed by atoms with Crippen LogP contribution in [0.5, 0.6) is 0 Å². The summed E-state index contributed by atoms with van der Waals surface area (Å²) < 4.78 is 2.00. The van der Waals surface area contributed by atoms with Crippen LogP contribution in [-0.2, 0) is 0 Å². The van der Waals surface area contributed by atoms with Gasteiger partial charge in [-0.3, -0.25) is 4.90 Å². The zero-order chi connectivity index (χ0) is 12.5. The van der Waals surface area contributed by atoms with Crippen LogP contribution in [0.2, 0.25) is 0 Å². The number of nitrogens with zero attached hydrogens (tertiary/aromatic N) is 3. The lowest BCUT2D eigenvalue weighted by Crippen LogP contribution is -2.17. The molecule has 0 spiro atoms. The molecule has 0 aliphatic carbocycles. The molecule has 1 fully saturated rings. The molecule has 0 amide bonds. The molecule has 0 radical (unpaired) electrons. The lowest BCUT2D eigenvalue weighted by Gasteiger charge is -2.18. The highest BCUT2D eigenvalue weighted by molar-refractivity contribution is 5.33. The summed E-state index contributed by atoms with van der Waals surface area (Å²) in [7, 11) is 2.21. The predicted molar refractivity (Wildman–Crippen MR) is 72.9 cm³/mol. The number of para-hydroxylation sites is 1. The molecule has 0 N–H and O–H groups in total. The Labute approximate surface area is 108 Å². The molecule has 1 saturated heterocycles. The molecule has 94 valence electrons. The Morgan fingerprint density at radius 3 is 2.67 bits per heavy atom. The molecular formula is C15H19N3. The van der Waals surface area contributed by atoms with E-state index in [1.165, 1.54) is 24.9 Å². The Bertz CT molecular complexity index is 530. The van der Waals surface area contributed by atoms with E-state index in [1.807, 2.05) is 22.9 Å². The van der Waals surface area contributed by atoms with Gasteiger partial charge in [-0.15, -0.1) is 0 Å². The van der Waals surface area contributed by atoms with E-state index < -0.39 is 0 Å². The standard InChI is InChI=1S/C15H19N3/c1-12-14(15-9-6-10-17(15)2)11-18(16-12)13-7-4-3-5-8-13/h3-5,7-8,11,15H,6,9-10H2,1-2H3/t15-/m0/s1. The first-order valence-electron chi connectivity index (χ1n) is 6.57. The van der Waals surface area contributed by atoms with Crippen LogP contribution in [0.15, 0.2) is 36.5 Å². The van der Waals surface area contributed by atoms with Crippen molar-refractivity contribution >= 4 is 0 Å². The van der Waals surface area contributed by atoms with Gasteiger partial charge in [-0.05, 0) is 45.5 Å². The van der Waals surface area contributed by atoms with Crippen molar-refractivity contribution in [1.82, 2.24) is 14.7 Å². The van der Waals surface area contributed by atoms with Gasteiger partial charge in [-0.1, -0.05) is 18.2 Å². The highest BCUT2D eigenvalue weighted by Crippen LogP contribution is 2.32. The van der Waals surface area contributed by atoms with Crippen molar-refractivity contribution in [2.24, 2.45) is 0 Å². The molecule has 2 heterocycles. The molecule has 1 aromatic heterocycles. The molecule has 0 bridgehead atoms. The first kappa shape index (κ1) is 11.5. The van der Waals surface area contributed by atoms with Crippen molar-refractivity contribution in [2.45, 2.75) is 25.8 Å². The number of aromatic nitrogens is 2. The average molecular weight is 241 g/mol. The van der Waals surface area contributed by atoms with Crippen LogP contribution in [0.3, 0.4) is 0 Å². The van der Waals surface area contributed by atoms with Crippen LogP contribution >= 0.6 is 0 Å². The molecule has 1 atom stereocenters. The number of hydrogen-bond donors (Lipinski definition) is 0. The molecule has 0 saturated carbocycles. The second kappa shape index (κ2) is 4.58. The third kappa shape index (κ3) is 1.95. The summed E-state index contributed by atoms with van der Waals surface area (Å²) in [5.74, 6) is 0. The molecule has 3 nitrogen and oxygen atoms in total. The zero-order valence-corrected chi connectivity index (χ0v) is 11.0. The van der Waals surface area contributed by atoms with Gasteiger partial charge >= 0.3 is 0 Å². The Morgan fingerprint density at radius 2 is 2.00 bits per heavy atom.